The predicted octanol–water partition coefficient (Wildman–Crippen LogP) is 2.45. The van der Waals surface area contributed by atoms with Gasteiger partial charge in [0.15, 0.2) is 0 Å². The highest BCUT2D eigenvalue weighted by Crippen LogP contribution is 2.28. The van der Waals surface area contributed by atoms with Gasteiger partial charge in [0.05, 0.1) is 6.54 Å². The fourth-order valence-electron chi connectivity index (χ4n) is 1.43. The zero-order valence-corrected chi connectivity index (χ0v) is 9.57. The molecule has 0 aromatic carbocycles. The van der Waals surface area contributed by atoms with E-state index in [1.807, 2.05) is 7.05 Å². The summed E-state index contributed by atoms with van der Waals surface area (Å²) in [5.41, 5.74) is -0.910. The van der Waals surface area contributed by atoms with E-state index in [0.29, 0.717) is 12.4 Å². The summed E-state index contributed by atoms with van der Waals surface area (Å²) in [6.45, 7) is 0.317. The van der Waals surface area contributed by atoms with Crippen LogP contribution in [-0.4, -0.2) is 14.5 Å². The lowest BCUT2D eigenvalue weighted by atomic mass is 10.3. The quantitative estimate of drug-likeness (QED) is 0.917. The number of aromatic nitrogens is 3. The van der Waals surface area contributed by atoms with Gasteiger partial charge in [-0.3, -0.25) is 0 Å². The van der Waals surface area contributed by atoms with Gasteiger partial charge in [-0.1, -0.05) is 6.07 Å². The standard InChI is InChI=1S/C11H11F3N4/c1-18-6-5-15-10(18)7-16-9-4-2-3-8(17-9)11(12,13)14/h2-6H,7H2,1H3,(H,16,17). The van der Waals surface area contributed by atoms with Crippen molar-refractivity contribution in [1.82, 2.24) is 14.5 Å². The van der Waals surface area contributed by atoms with Crippen LogP contribution in [0.4, 0.5) is 19.0 Å². The molecule has 2 aromatic rings. The van der Waals surface area contributed by atoms with Gasteiger partial charge >= 0.3 is 6.18 Å². The molecule has 0 saturated carbocycles. The number of hydrogen-bond acceptors (Lipinski definition) is 3. The molecule has 0 fully saturated rings. The van der Waals surface area contributed by atoms with Crippen LogP contribution >= 0.6 is 0 Å². The molecule has 96 valence electrons. The van der Waals surface area contributed by atoms with Crippen molar-refractivity contribution in [1.29, 1.82) is 0 Å². The van der Waals surface area contributed by atoms with E-state index in [9.17, 15) is 13.2 Å². The Morgan fingerprint density at radius 2 is 2.11 bits per heavy atom. The van der Waals surface area contributed by atoms with E-state index < -0.39 is 11.9 Å². The molecule has 0 amide bonds. The molecule has 0 aliphatic rings. The first kappa shape index (κ1) is 12.4. The summed E-state index contributed by atoms with van der Waals surface area (Å²) in [5, 5.41) is 2.81. The third-order valence-electron chi connectivity index (χ3n) is 2.39. The topological polar surface area (TPSA) is 42.7 Å². The number of pyridine rings is 1. The minimum atomic E-state index is -4.43. The second kappa shape index (κ2) is 4.67. The average molecular weight is 256 g/mol. The molecule has 7 heteroatoms. The molecule has 4 nitrogen and oxygen atoms in total. The average Bonchev–Trinajstić information content (AvgIpc) is 2.72. The van der Waals surface area contributed by atoms with Crippen LogP contribution in [0.2, 0.25) is 0 Å². The number of halogens is 3. The van der Waals surface area contributed by atoms with Gasteiger partial charge in [-0.15, -0.1) is 0 Å². The van der Waals surface area contributed by atoms with Crippen molar-refractivity contribution in [2.45, 2.75) is 12.7 Å². The Hall–Kier alpha value is -2.05. The van der Waals surface area contributed by atoms with Gasteiger partial charge in [-0.25, -0.2) is 9.97 Å². The highest BCUT2D eigenvalue weighted by Gasteiger charge is 2.32. The molecule has 2 rings (SSSR count). The maximum atomic E-state index is 12.4. The van der Waals surface area contributed by atoms with Crippen LogP contribution in [0.5, 0.6) is 0 Å². The van der Waals surface area contributed by atoms with Crippen LogP contribution in [0.15, 0.2) is 30.6 Å². The van der Waals surface area contributed by atoms with Crippen molar-refractivity contribution in [3.63, 3.8) is 0 Å². The van der Waals surface area contributed by atoms with Crippen LogP contribution in [0.25, 0.3) is 0 Å². The molecular weight excluding hydrogens is 245 g/mol. The Morgan fingerprint density at radius 1 is 1.33 bits per heavy atom. The lowest BCUT2D eigenvalue weighted by Crippen LogP contribution is -2.11. The fraction of sp³-hybridized carbons (Fsp3) is 0.273. The maximum absolute atomic E-state index is 12.4. The zero-order chi connectivity index (χ0) is 13.2. The Labute approximate surface area is 101 Å². The monoisotopic (exact) mass is 256 g/mol. The molecule has 0 unspecified atom stereocenters. The number of nitrogens with one attached hydrogen (secondary N) is 1. The first-order chi connectivity index (χ1) is 8.47. The number of hydrogen-bond donors (Lipinski definition) is 1. The van der Waals surface area contributed by atoms with Crippen molar-refractivity contribution in [2.24, 2.45) is 7.05 Å². The summed E-state index contributed by atoms with van der Waals surface area (Å²) in [5.74, 6) is 0.891. The zero-order valence-electron chi connectivity index (χ0n) is 9.57. The van der Waals surface area contributed by atoms with Crippen molar-refractivity contribution in [3.8, 4) is 0 Å². The molecule has 0 atom stereocenters. The molecule has 2 heterocycles. The van der Waals surface area contributed by atoms with Crippen LogP contribution in [-0.2, 0) is 19.8 Å². The molecule has 0 bridgehead atoms. The van der Waals surface area contributed by atoms with Crippen molar-refractivity contribution in [3.05, 3.63) is 42.1 Å². The number of anilines is 1. The third kappa shape index (κ3) is 2.79. The summed E-state index contributed by atoms with van der Waals surface area (Å²) in [4.78, 5) is 7.55. The molecule has 1 N–H and O–H groups in total. The molecule has 0 radical (unpaired) electrons. The minimum Gasteiger partial charge on any atom is -0.363 e. The van der Waals surface area contributed by atoms with E-state index in [1.54, 1.807) is 17.0 Å². The number of aryl methyl sites for hydroxylation is 1. The first-order valence-corrected chi connectivity index (χ1v) is 5.21. The summed E-state index contributed by atoms with van der Waals surface area (Å²) < 4.78 is 39.1. The Balaban J connectivity index is 2.09. The minimum absolute atomic E-state index is 0.174. The van der Waals surface area contributed by atoms with Crippen molar-refractivity contribution < 1.29 is 13.2 Å². The lowest BCUT2D eigenvalue weighted by Gasteiger charge is -2.09. The predicted molar refractivity (Wildman–Crippen MR) is 59.8 cm³/mol. The molecule has 0 saturated heterocycles. The Kier molecular flexibility index (Phi) is 3.22. The van der Waals surface area contributed by atoms with E-state index in [2.05, 4.69) is 15.3 Å². The summed E-state index contributed by atoms with van der Waals surface area (Å²) >= 11 is 0. The second-order valence-electron chi connectivity index (χ2n) is 3.71. The molecular formula is C11H11F3N4. The summed E-state index contributed by atoms with van der Waals surface area (Å²) in [6.07, 6.45) is -1.05. The van der Waals surface area contributed by atoms with Crippen LogP contribution in [0.3, 0.4) is 0 Å². The fourth-order valence-corrected chi connectivity index (χ4v) is 1.43. The highest BCUT2D eigenvalue weighted by atomic mass is 19.4. The third-order valence-corrected chi connectivity index (χ3v) is 2.39. The molecule has 0 aliphatic carbocycles. The van der Waals surface area contributed by atoms with Crippen LogP contribution < -0.4 is 5.32 Å². The van der Waals surface area contributed by atoms with Gasteiger partial charge in [0, 0.05) is 19.4 Å². The molecule has 0 spiro atoms. The van der Waals surface area contributed by atoms with E-state index in [4.69, 9.17) is 0 Å². The van der Waals surface area contributed by atoms with E-state index in [0.717, 1.165) is 6.07 Å². The van der Waals surface area contributed by atoms with E-state index in [1.165, 1.54) is 12.1 Å². The smallest absolute Gasteiger partial charge is 0.363 e. The lowest BCUT2D eigenvalue weighted by molar-refractivity contribution is -0.141. The highest BCUT2D eigenvalue weighted by molar-refractivity contribution is 5.36. The number of rotatable bonds is 3. The molecule has 18 heavy (non-hydrogen) atoms. The van der Waals surface area contributed by atoms with Crippen molar-refractivity contribution >= 4 is 5.82 Å². The Morgan fingerprint density at radius 3 is 2.72 bits per heavy atom. The van der Waals surface area contributed by atoms with Crippen LogP contribution in [0.1, 0.15) is 11.5 Å². The van der Waals surface area contributed by atoms with E-state index >= 15 is 0 Å². The van der Waals surface area contributed by atoms with Gasteiger partial charge < -0.3 is 9.88 Å². The van der Waals surface area contributed by atoms with Gasteiger partial charge in [0.2, 0.25) is 0 Å². The summed E-state index contributed by atoms with van der Waals surface area (Å²) in [7, 11) is 1.81. The van der Waals surface area contributed by atoms with Crippen molar-refractivity contribution in [2.75, 3.05) is 5.32 Å². The van der Waals surface area contributed by atoms with Gasteiger partial charge in [-0.2, -0.15) is 13.2 Å². The second-order valence-corrected chi connectivity index (χ2v) is 3.71. The normalized spacial score (nSPS) is 11.6. The molecule has 2 aromatic heterocycles. The maximum Gasteiger partial charge on any atom is 0.433 e. The first-order valence-electron chi connectivity index (χ1n) is 5.21. The van der Waals surface area contributed by atoms with Crippen LogP contribution in [0, 0.1) is 0 Å². The molecule has 0 aliphatic heterocycles. The number of imidazole rings is 1. The largest absolute Gasteiger partial charge is 0.433 e. The van der Waals surface area contributed by atoms with Gasteiger partial charge in [-0.05, 0) is 12.1 Å². The summed E-state index contributed by atoms with van der Waals surface area (Å²) in [6, 6.07) is 3.74. The SMILES string of the molecule is Cn1ccnc1CNc1cccc(C(F)(F)F)n1. The van der Waals surface area contributed by atoms with Gasteiger partial charge in [0.1, 0.15) is 17.3 Å². The van der Waals surface area contributed by atoms with E-state index in [-0.39, 0.29) is 5.82 Å². The number of alkyl halides is 3. The van der Waals surface area contributed by atoms with Gasteiger partial charge in [0.25, 0.3) is 0 Å². The number of nitrogens with zero attached hydrogens (tertiary/aromatic N) is 3. The Bertz CT molecular complexity index is 533.